The van der Waals surface area contributed by atoms with E-state index in [0.717, 1.165) is 5.56 Å². The monoisotopic (exact) mass is 382 g/mol. The quantitative estimate of drug-likeness (QED) is 0.281. The number of esters is 1. The van der Waals surface area contributed by atoms with E-state index in [9.17, 15) is 19.5 Å². The predicted molar refractivity (Wildman–Crippen MR) is 105 cm³/mol. The summed E-state index contributed by atoms with van der Waals surface area (Å²) in [4.78, 5) is 34.5. The first kappa shape index (κ1) is 20.7. The molecule has 0 radical (unpaired) electrons. The summed E-state index contributed by atoms with van der Waals surface area (Å²) >= 11 is 0. The van der Waals surface area contributed by atoms with Crippen molar-refractivity contribution in [3.63, 3.8) is 0 Å². The summed E-state index contributed by atoms with van der Waals surface area (Å²) in [6.45, 7) is 2.17. The molecule has 0 aliphatic rings. The second-order valence-electron chi connectivity index (χ2n) is 5.94. The number of benzene rings is 2. The van der Waals surface area contributed by atoms with E-state index in [2.05, 4.69) is 10.6 Å². The lowest BCUT2D eigenvalue weighted by Gasteiger charge is -2.06. The van der Waals surface area contributed by atoms with Crippen LogP contribution in [0.5, 0.6) is 11.5 Å². The molecule has 0 bridgehead atoms. The number of carbonyl (C=O) groups is 3. The summed E-state index contributed by atoms with van der Waals surface area (Å²) < 4.78 is 4.94. The minimum absolute atomic E-state index is 0.104. The van der Waals surface area contributed by atoms with E-state index in [1.807, 2.05) is 0 Å². The van der Waals surface area contributed by atoms with Crippen LogP contribution in [0.4, 0.5) is 0 Å². The molecule has 2 aromatic rings. The first-order valence-corrected chi connectivity index (χ1v) is 8.75. The Morgan fingerprint density at radius 1 is 0.964 bits per heavy atom. The largest absolute Gasteiger partial charge is 0.508 e. The lowest BCUT2D eigenvalue weighted by atomic mass is 10.2. The molecule has 0 heterocycles. The minimum atomic E-state index is -0.387. The second kappa shape index (κ2) is 10.5. The highest BCUT2D eigenvalue weighted by Gasteiger charge is 2.04. The van der Waals surface area contributed by atoms with Gasteiger partial charge in [-0.1, -0.05) is 12.1 Å². The number of hydrogen-bond donors (Lipinski definition) is 3. The van der Waals surface area contributed by atoms with Crippen molar-refractivity contribution in [3.8, 4) is 11.5 Å². The highest BCUT2D eigenvalue weighted by molar-refractivity contribution is 5.94. The molecule has 0 saturated heterocycles. The van der Waals surface area contributed by atoms with Gasteiger partial charge in [-0.2, -0.15) is 0 Å². The van der Waals surface area contributed by atoms with Gasteiger partial charge < -0.3 is 20.5 Å². The van der Waals surface area contributed by atoms with E-state index >= 15 is 0 Å². The zero-order valence-electron chi connectivity index (χ0n) is 15.5. The topological polar surface area (TPSA) is 105 Å². The molecule has 2 rings (SSSR count). The van der Waals surface area contributed by atoms with Crippen LogP contribution >= 0.6 is 0 Å². The smallest absolute Gasteiger partial charge is 0.308 e. The van der Waals surface area contributed by atoms with Crippen LogP contribution in [-0.4, -0.2) is 36.0 Å². The van der Waals surface area contributed by atoms with Crippen molar-refractivity contribution in [2.75, 3.05) is 13.1 Å². The van der Waals surface area contributed by atoms with Crippen LogP contribution in [-0.2, 0) is 9.59 Å². The molecule has 146 valence electrons. The molecule has 2 aromatic carbocycles. The molecular formula is C21H22N2O5. The summed E-state index contributed by atoms with van der Waals surface area (Å²) in [5.74, 6) is -0.310. The maximum absolute atomic E-state index is 11.9. The van der Waals surface area contributed by atoms with Gasteiger partial charge >= 0.3 is 5.97 Å². The maximum Gasteiger partial charge on any atom is 0.308 e. The fraction of sp³-hybridized carbons (Fsp3) is 0.190. The maximum atomic E-state index is 11.9. The van der Waals surface area contributed by atoms with Crippen molar-refractivity contribution in [1.82, 2.24) is 10.6 Å². The summed E-state index contributed by atoms with van der Waals surface area (Å²) in [6, 6.07) is 12.7. The molecule has 0 fully saturated rings. The fourth-order valence-corrected chi connectivity index (χ4v) is 2.26. The van der Waals surface area contributed by atoms with Crippen molar-refractivity contribution < 1.29 is 24.2 Å². The molecule has 28 heavy (non-hydrogen) atoms. The van der Waals surface area contributed by atoms with Gasteiger partial charge in [-0.05, 0) is 54.5 Å². The Morgan fingerprint density at radius 3 is 2.25 bits per heavy atom. The molecule has 7 heteroatoms. The average molecular weight is 382 g/mol. The molecule has 3 N–H and O–H groups in total. The molecule has 0 aliphatic heterocycles. The molecule has 0 aliphatic carbocycles. The Hall–Kier alpha value is -3.61. The second-order valence-corrected chi connectivity index (χ2v) is 5.94. The Morgan fingerprint density at radius 2 is 1.61 bits per heavy atom. The third-order valence-corrected chi connectivity index (χ3v) is 3.64. The number of hydrogen-bond acceptors (Lipinski definition) is 5. The van der Waals surface area contributed by atoms with E-state index < -0.39 is 0 Å². The number of carbonyl (C=O) groups excluding carboxylic acids is 3. The van der Waals surface area contributed by atoms with Gasteiger partial charge in [-0.25, -0.2) is 0 Å². The van der Waals surface area contributed by atoms with Gasteiger partial charge in [0, 0.05) is 31.7 Å². The number of rotatable bonds is 8. The van der Waals surface area contributed by atoms with Crippen molar-refractivity contribution >= 4 is 23.9 Å². The number of phenolic OH excluding ortho intramolecular Hbond substituents is 1. The minimum Gasteiger partial charge on any atom is -0.508 e. The van der Waals surface area contributed by atoms with E-state index in [1.54, 1.807) is 30.3 Å². The summed E-state index contributed by atoms with van der Waals surface area (Å²) in [7, 11) is 0. The fourth-order valence-electron chi connectivity index (χ4n) is 2.26. The van der Waals surface area contributed by atoms with Crippen LogP contribution in [0, 0.1) is 0 Å². The van der Waals surface area contributed by atoms with E-state index in [1.165, 1.54) is 37.3 Å². The lowest BCUT2D eigenvalue weighted by molar-refractivity contribution is -0.131. The highest BCUT2D eigenvalue weighted by atomic mass is 16.5. The number of nitrogens with one attached hydrogen (secondary N) is 2. The zero-order valence-corrected chi connectivity index (χ0v) is 15.5. The average Bonchev–Trinajstić information content (AvgIpc) is 2.67. The molecule has 0 aromatic heterocycles. The van der Waals surface area contributed by atoms with Gasteiger partial charge in [0.05, 0.1) is 0 Å². The molecule has 0 unspecified atom stereocenters. The first-order valence-electron chi connectivity index (χ1n) is 8.75. The van der Waals surface area contributed by atoms with Crippen molar-refractivity contribution in [2.45, 2.75) is 13.3 Å². The van der Waals surface area contributed by atoms with Crippen LogP contribution in [0.25, 0.3) is 6.08 Å². The van der Waals surface area contributed by atoms with Crippen LogP contribution in [0.1, 0.15) is 29.3 Å². The van der Waals surface area contributed by atoms with Gasteiger partial charge in [0.25, 0.3) is 5.91 Å². The number of phenols is 1. The molecule has 7 nitrogen and oxygen atoms in total. The SMILES string of the molecule is CC(=O)Oc1ccc(C=CC(=O)NCCCNC(=O)c2ccc(O)cc2)cc1. The Balaban J connectivity index is 1.65. The predicted octanol–water partition coefficient (Wildman–Crippen LogP) is 2.27. The van der Waals surface area contributed by atoms with Crippen LogP contribution in [0.15, 0.2) is 54.6 Å². The van der Waals surface area contributed by atoms with Crippen LogP contribution < -0.4 is 15.4 Å². The van der Waals surface area contributed by atoms with E-state index in [-0.39, 0.29) is 23.5 Å². The van der Waals surface area contributed by atoms with Gasteiger partial charge in [-0.15, -0.1) is 0 Å². The van der Waals surface area contributed by atoms with Crippen molar-refractivity contribution in [1.29, 1.82) is 0 Å². The molecule has 0 spiro atoms. The highest BCUT2D eigenvalue weighted by Crippen LogP contribution is 2.13. The zero-order chi connectivity index (χ0) is 20.4. The van der Waals surface area contributed by atoms with Gasteiger partial charge in [-0.3, -0.25) is 14.4 Å². The molecule has 0 atom stereocenters. The Bertz CT molecular complexity index is 842. The summed E-state index contributed by atoms with van der Waals surface area (Å²) in [5, 5.41) is 14.7. The van der Waals surface area contributed by atoms with E-state index in [0.29, 0.717) is 30.8 Å². The van der Waals surface area contributed by atoms with Gasteiger partial charge in [0.1, 0.15) is 11.5 Å². The number of ether oxygens (including phenoxy) is 1. The summed E-state index contributed by atoms with van der Waals surface area (Å²) in [5.41, 5.74) is 1.26. The van der Waals surface area contributed by atoms with E-state index in [4.69, 9.17) is 4.74 Å². The van der Waals surface area contributed by atoms with Crippen LogP contribution in [0.3, 0.4) is 0 Å². The first-order chi connectivity index (χ1) is 13.4. The lowest BCUT2D eigenvalue weighted by Crippen LogP contribution is -2.29. The van der Waals surface area contributed by atoms with Gasteiger partial charge in [0.2, 0.25) is 5.91 Å². The molecule has 0 saturated carbocycles. The third-order valence-electron chi connectivity index (χ3n) is 3.64. The van der Waals surface area contributed by atoms with Crippen molar-refractivity contribution in [3.05, 3.63) is 65.7 Å². The Labute approximate surface area is 163 Å². The third kappa shape index (κ3) is 7.33. The number of amides is 2. The van der Waals surface area contributed by atoms with Crippen molar-refractivity contribution in [2.24, 2.45) is 0 Å². The standard InChI is InChI=1S/C21H22N2O5/c1-15(24)28-19-10-3-16(4-11-19)5-12-20(26)22-13-2-14-23-21(27)17-6-8-18(25)9-7-17/h3-12,25H,2,13-14H2,1H3,(H,22,26)(H,23,27). The Kier molecular flexibility index (Phi) is 7.77. The normalized spacial score (nSPS) is 10.5. The molecular weight excluding hydrogens is 360 g/mol. The molecule has 2 amide bonds. The van der Waals surface area contributed by atoms with Crippen LogP contribution in [0.2, 0.25) is 0 Å². The number of aromatic hydroxyl groups is 1. The van der Waals surface area contributed by atoms with Gasteiger partial charge in [0.15, 0.2) is 0 Å². The summed E-state index contributed by atoms with van der Waals surface area (Å²) in [6.07, 6.45) is 3.65.